The topological polar surface area (TPSA) is 28.7 Å². The van der Waals surface area contributed by atoms with Gasteiger partial charge in [-0.05, 0) is 24.6 Å². The van der Waals surface area contributed by atoms with Crippen LogP contribution in [0.3, 0.4) is 0 Å². The molecule has 2 rings (SSSR count). The van der Waals surface area contributed by atoms with E-state index in [2.05, 4.69) is 22.8 Å². The molecule has 20 heavy (non-hydrogen) atoms. The van der Waals surface area contributed by atoms with Crippen LogP contribution in [0.2, 0.25) is 0 Å². The molecule has 2 nitrogen and oxygen atoms in total. The van der Waals surface area contributed by atoms with Gasteiger partial charge >= 0.3 is 0 Å². The maximum atomic E-state index is 4.30. The first-order valence-electron chi connectivity index (χ1n) is 6.91. The van der Waals surface area contributed by atoms with Gasteiger partial charge in [0.05, 0.1) is 11.2 Å². The summed E-state index contributed by atoms with van der Waals surface area (Å²) in [6.45, 7) is 9.67. The first-order chi connectivity index (χ1) is 9.85. The van der Waals surface area contributed by atoms with Crippen molar-refractivity contribution in [2.24, 2.45) is 0 Å². The molecule has 2 heteroatoms. The van der Waals surface area contributed by atoms with E-state index < -0.39 is 0 Å². The van der Waals surface area contributed by atoms with Crippen LogP contribution in [0, 0.1) is 0 Å². The molecule has 0 saturated heterocycles. The molecule has 0 aliphatic carbocycles. The lowest BCUT2D eigenvalue weighted by Gasteiger charge is -1.91. The SMILES string of the molecule is C=C\C=C/C(/C=C/c1n[nH]c2ccccc12)=C\C.CC. The van der Waals surface area contributed by atoms with E-state index in [0.717, 1.165) is 22.2 Å². The molecule has 1 heterocycles. The van der Waals surface area contributed by atoms with Crippen molar-refractivity contribution < 1.29 is 0 Å². The van der Waals surface area contributed by atoms with Gasteiger partial charge in [-0.3, -0.25) is 5.10 Å². The van der Waals surface area contributed by atoms with Crippen LogP contribution in [-0.2, 0) is 0 Å². The van der Waals surface area contributed by atoms with Crippen molar-refractivity contribution in [2.75, 3.05) is 0 Å². The Balaban J connectivity index is 0.000000956. The minimum absolute atomic E-state index is 0.956. The molecule has 0 aliphatic heterocycles. The van der Waals surface area contributed by atoms with E-state index in [0.29, 0.717) is 0 Å². The average Bonchev–Trinajstić information content (AvgIpc) is 2.93. The summed E-state index contributed by atoms with van der Waals surface area (Å²) < 4.78 is 0. The lowest BCUT2D eigenvalue weighted by Crippen LogP contribution is -1.74. The highest BCUT2D eigenvalue weighted by molar-refractivity contribution is 5.86. The zero-order valence-corrected chi connectivity index (χ0v) is 12.4. The van der Waals surface area contributed by atoms with Crippen LogP contribution in [0.4, 0.5) is 0 Å². The molecule has 0 saturated carbocycles. The van der Waals surface area contributed by atoms with Crippen LogP contribution in [-0.4, -0.2) is 10.2 Å². The summed E-state index contributed by atoms with van der Waals surface area (Å²) in [6, 6.07) is 8.10. The molecule has 0 atom stereocenters. The highest BCUT2D eigenvalue weighted by Gasteiger charge is 2.00. The number of fused-ring (bicyclic) bond motifs is 1. The van der Waals surface area contributed by atoms with E-state index in [4.69, 9.17) is 0 Å². The summed E-state index contributed by atoms with van der Waals surface area (Å²) in [5.74, 6) is 0. The van der Waals surface area contributed by atoms with E-state index in [9.17, 15) is 0 Å². The van der Waals surface area contributed by atoms with Crippen LogP contribution >= 0.6 is 0 Å². The Hall–Kier alpha value is -2.35. The van der Waals surface area contributed by atoms with Crippen molar-refractivity contribution in [1.29, 1.82) is 0 Å². The Kier molecular flexibility index (Phi) is 6.83. The summed E-state index contributed by atoms with van der Waals surface area (Å²) >= 11 is 0. The van der Waals surface area contributed by atoms with Gasteiger partial charge < -0.3 is 0 Å². The molecule has 0 unspecified atom stereocenters. The first kappa shape index (κ1) is 15.7. The molecule has 104 valence electrons. The van der Waals surface area contributed by atoms with Crippen molar-refractivity contribution in [1.82, 2.24) is 10.2 Å². The van der Waals surface area contributed by atoms with Crippen LogP contribution in [0.1, 0.15) is 26.5 Å². The number of hydrogen-bond acceptors (Lipinski definition) is 1. The van der Waals surface area contributed by atoms with Crippen molar-refractivity contribution in [3.05, 3.63) is 72.5 Å². The molecule has 0 aliphatic rings. The molecule has 1 N–H and O–H groups in total. The summed E-state index contributed by atoms with van der Waals surface area (Å²) in [4.78, 5) is 0. The highest BCUT2D eigenvalue weighted by atomic mass is 15.1. The number of rotatable bonds is 4. The van der Waals surface area contributed by atoms with Gasteiger partial charge in [-0.2, -0.15) is 5.10 Å². The number of benzene rings is 1. The van der Waals surface area contributed by atoms with E-state index in [-0.39, 0.29) is 0 Å². The Labute approximate surface area is 121 Å². The third-order valence-corrected chi connectivity index (χ3v) is 2.69. The lowest BCUT2D eigenvalue weighted by molar-refractivity contribution is 1.11. The minimum atomic E-state index is 0.956. The number of hydrogen-bond donors (Lipinski definition) is 1. The minimum Gasteiger partial charge on any atom is -0.277 e. The van der Waals surface area contributed by atoms with Crippen molar-refractivity contribution in [3.8, 4) is 0 Å². The monoisotopic (exact) mass is 266 g/mol. The summed E-state index contributed by atoms with van der Waals surface area (Å²) in [7, 11) is 0. The number of allylic oxidation sites excluding steroid dienone is 6. The summed E-state index contributed by atoms with van der Waals surface area (Å²) in [5, 5.41) is 8.45. The summed E-state index contributed by atoms with van der Waals surface area (Å²) in [5.41, 5.74) is 3.14. The number of aromatic amines is 1. The van der Waals surface area contributed by atoms with Gasteiger partial charge in [-0.25, -0.2) is 0 Å². The number of nitrogens with zero attached hydrogens (tertiary/aromatic N) is 1. The van der Waals surface area contributed by atoms with E-state index in [1.54, 1.807) is 6.08 Å². The largest absolute Gasteiger partial charge is 0.277 e. The van der Waals surface area contributed by atoms with Gasteiger partial charge in [0.1, 0.15) is 0 Å². The predicted octanol–water partition coefficient (Wildman–Crippen LogP) is 5.29. The number of aromatic nitrogens is 2. The Morgan fingerprint density at radius 1 is 1.20 bits per heavy atom. The standard InChI is InChI=1S/C16H16N2.C2H6/c1-3-5-8-13(4-2)11-12-16-14-9-6-7-10-15(14)17-18-16;1-2/h3-12H,1H2,2H3,(H,17,18);1-2H3/b8-5-,12-11+,13-4+;. The average molecular weight is 266 g/mol. The first-order valence-corrected chi connectivity index (χ1v) is 6.91. The van der Waals surface area contributed by atoms with Gasteiger partial charge in [-0.15, -0.1) is 0 Å². The normalized spacial score (nSPS) is 11.8. The van der Waals surface area contributed by atoms with E-state index in [1.807, 2.05) is 69.4 Å². The van der Waals surface area contributed by atoms with Gasteiger partial charge in [-0.1, -0.05) is 69.0 Å². The second kappa shape index (κ2) is 8.70. The fourth-order valence-corrected chi connectivity index (χ4v) is 1.71. The van der Waals surface area contributed by atoms with Crippen LogP contribution in [0.15, 0.2) is 66.8 Å². The molecule has 0 fully saturated rings. The number of nitrogens with one attached hydrogen (secondary N) is 1. The molecule has 0 radical (unpaired) electrons. The van der Waals surface area contributed by atoms with Crippen LogP contribution in [0.25, 0.3) is 17.0 Å². The molecule has 0 amide bonds. The zero-order chi connectivity index (χ0) is 14.8. The maximum absolute atomic E-state index is 4.30. The molecule has 1 aromatic heterocycles. The van der Waals surface area contributed by atoms with Crippen molar-refractivity contribution >= 4 is 17.0 Å². The fourth-order valence-electron chi connectivity index (χ4n) is 1.71. The molecule has 0 spiro atoms. The predicted molar refractivity (Wildman–Crippen MR) is 89.6 cm³/mol. The van der Waals surface area contributed by atoms with Crippen molar-refractivity contribution in [3.63, 3.8) is 0 Å². The van der Waals surface area contributed by atoms with Gasteiger partial charge in [0.2, 0.25) is 0 Å². The number of H-pyrrole nitrogens is 1. The fraction of sp³-hybridized carbons (Fsp3) is 0.167. The molecular formula is C18H22N2. The summed E-state index contributed by atoms with van der Waals surface area (Å²) in [6.07, 6.45) is 11.8. The molecule has 2 aromatic rings. The second-order valence-corrected chi connectivity index (χ2v) is 3.87. The van der Waals surface area contributed by atoms with Crippen LogP contribution in [0.5, 0.6) is 0 Å². The van der Waals surface area contributed by atoms with E-state index in [1.165, 1.54) is 0 Å². The Bertz CT molecular complexity index is 628. The Morgan fingerprint density at radius 3 is 2.65 bits per heavy atom. The Morgan fingerprint density at radius 2 is 1.95 bits per heavy atom. The molecular weight excluding hydrogens is 244 g/mol. The smallest absolute Gasteiger partial charge is 0.0927 e. The lowest BCUT2D eigenvalue weighted by atomic mass is 10.1. The quantitative estimate of drug-likeness (QED) is 0.748. The van der Waals surface area contributed by atoms with E-state index >= 15 is 0 Å². The second-order valence-electron chi connectivity index (χ2n) is 3.87. The van der Waals surface area contributed by atoms with Crippen molar-refractivity contribution in [2.45, 2.75) is 20.8 Å². The maximum Gasteiger partial charge on any atom is 0.0927 e. The molecule has 0 bridgehead atoms. The third-order valence-electron chi connectivity index (χ3n) is 2.69. The number of para-hydroxylation sites is 1. The third kappa shape index (κ3) is 4.09. The van der Waals surface area contributed by atoms with Gasteiger partial charge in [0.15, 0.2) is 0 Å². The molecule has 1 aromatic carbocycles. The van der Waals surface area contributed by atoms with Gasteiger partial charge in [0.25, 0.3) is 0 Å². The van der Waals surface area contributed by atoms with Gasteiger partial charge in [0, 0.05) is 5.39 Å². The van der Waals surface area contributed by atoms with Crippen LogP contribution < -0.4 is 0 Å². The highest BCUT2D eigenvalue weighted by Crippen LogP contribution is 2.17. The zero-order valence-electron chi connectivity index (χ0n) is 12.4.